The summed E-state index contributed by atoms with van der Waals surface area (Å²) in [5.41, 5.74) is 4.12. The van der Waals surface area contributed by atoms with E-state index in [0.717, 1.165) is 24.4 Å². The van der Waals surface area contributed by atoms with E-state index in [2.05, 4.69) is 265 Å². The summed E-state index contributed by atoms with van der Waals surface area (Å²) in [6.45, 7) is 39.6. The van der Waals surface area contributed by atoms with Gasteiger partial charge in [0.05, 0.1) is 37.4 Å². The van der Waals surface area contributed by atoms with E-state index in [1.165, 1.54) is 180 Å². The zero-order chi connectivity index (χ0) is 88.4. The molecule has 4 aromatic carbocycles. The third-order valence-electron chi connectivity index (χ3n) is 21.4. The van der Waals surface area contributed by atoms with Gasteiger partial charge in [0.2, 0.25) is 0 Å². The normalized spacial score (nSPS) is 15.0. The molecule has 16 rings (SSSR count). The van der Waals surface area contributed by atoms with Gasteiger partial charge in [-0.1, -0.05) is 220 Å². The number of hydrogen-bond acceptors (Lipinski definition) is 20. The number of halogens is 1. The standard InChI is InChI=1S/C16H27BO2S.C14H17BO2S.C11H19BOS.C10H15BO2S.C10H15BrS.C9H8S.C8H7BO2S.C7H8.C5H6S.C4H5BO2S.CH4/c1-6-7-8-9-10-13-11-14(20-12-13)17-18-15(2,3)16(4,5)19-17;1-13(2)14(3,4)17-15(16-13)12-9-10-7-5-6-8-11(10)18-12;1-3-4-5-6-7-10-8-11(12(2)13)14-9-10;1-9(2)10(3,4)13-11(12-9)8-6-5-7-14-8;1-2-3-4-5-6-9-7-10(11)12-8-9;1-7-6-8-4-2-3-5-9(8)10-7;10-9(11)8-5-6-3-1-2-4-7(6)12-8;1-7-5-3-2-4-6-7;1-5-3-2-4-6-5;6-5(7)4-2-1-3-8-4;/h11-12H,6-10H2,1-5H3;5-9H,1-4H3;8-9,13H,3-7H2,1-2H3;5-7H,1-4H3;7-8H,2-6H2,1H3;2-6H,1H3;1-5,10-11H;2-6H,1H3;2-4H,1H3;1-3,6-7H;1H4. The van der Waals surface area contributed by atoms with E-state index in [9.17, 15) is 5.02 Å². The van der Waals surface area contributed by atoms with E-state index < -0.39 is 14.2 Å². The van der Waals surface area contributed by atoms with Crippen LogP contribution in [0.5, 0.6) is 0 Å². The van der Waals surface area contributed by atoms with Crippen LogP contribution in [0.1, 0.15) is 220 Å². The Balaban J connectivity index is 0.000000213. The van der Waals surface area contributed by atoms with Gasteiger partial charge in [-0.05, 0) is 278 Å². The fraction of sp³-hybridized carbons (Fsp3) is 0.432. The zero-order valence-electron chi connectivity index (χ0n) is 74.5. The first-order valence-corrected chi connectivity index (χ1v) is 50.8. The largest absolute Gasteiger partial charge is 0.505 e. The van der Waals surface area contributed by atoms with Gasteiger partial charge in [-0.2, -0.15) is 45.3 Å². The van der Waals surface area contributed by atoms with Crippen molar-refractivity contribution < 1.29 is 53.0 Å². The van der Waals surface area contributed by atoms with Gasteiger partial charge in [-0.25, -0.2) is 0 Å². The highest BCUT2D eigenvalue weighted by Crippen LogP contribution is 2.40. The van der Waals surface area contributed by atoms with Gasteiger partial charge in [-0.3, -0.25) is 0 Å². The molecule has 656 valence electrons. The Bertz CT molecular complexity index is 4800. The van der Waals surface area contributed by atoms with Gasteiger partial charge < -0.3 is 53.0 Å². The van der Waals surface area contributed by atoms with Crippen molar-refractivity contribution in [1.82, 2.24) is 0 Å². The smallest absolute Gasteiger partial charge is 0.446 e. The summed E-state index contributed by atoms with van der Waals surface area (Å²) >= 11 is 18.5. The molecule has 0 unspecified atom stereocenters. The quantitative estimate of drug-likeness (QED) is 0.0345. The molecule has 13 aromatic rings. The first kappa shape index (κ1) is 106. The van der Waals surface area contributed by atoms with E-state index in [1.54, 1.807) is 91.6 Å². The van der Waals surface area contributed by atoms with Gasteiger partial charge >= 0.3 is 42.5 Å². The monoisotopic (exact) mass is 1880 g/mol. The first-order valence-electron chi connectivity index (χ1n) is 42.3. The molecule has 3 aliphatic rings. The second-order valence-corrected chi connectivity index (χ2v) is 44.1. The SMILES string of the molecule is C.CC1(C)OB(c2cc3ccccc3s2)OC1(C)C.CC1(C)OB(c2cccs2)OC1(C)C.CCCCCCc1csc(B(C)O)c1.CCCCCCc1csc(B2OC(C)(C)C(C)(C)O2)c1.CCCCCCc1csc(Br)c1.Cc1cc2ccccc2s1.Cc1ccccc1.Cc1cccs1.OB(O)c1cc2ccccc2s1.OB(O)c1cccs1. The van der Waals surface area contributed by atoms with Crippen molar-refractivity contribution in [3.63, 3.8) is 0 Å². The van der Waals surface area contributed by atoms with Crippen LogP contribution in [0.2, 0.25) is 6.82 Å². The van der Waals surface area contributed by atoms with Crippen LogP contribution >= 0.6 is 118 Å². The Morgan fingerprint density at radius 2 is 0.738 bits per heavy atom. The zero-order valence-corrected chi connectivity index (χ0v) is 83.5. The van der Waals surface area contributed by atoms with Crippen LogP contribution < -0.4 is 28.7 Å². The molecule has 0 bridgehead atoms. The number of thiophene rings is 9. The Morgan fingerprint density at radius 1 is 0.336 bits per heavy atom. The van der Waals surface area contributed by atoms with Crippen LogP contribution in [0.25, 0.3) is 30.3 Å². The van der Waals surface area contributed by atoms with Gasteiger partial charge in [0.1, 0.15) is 0 Å². The summed E-state index contributed by atoms with van der Waals surface area (Å²) in [6.07, 6.45) is 19.5. The number of aryl methyl sites for hydroxylation is 6. The van der Waals surface area contributed by atoms with E-state index in [4.69, 9.17) is 48.0 Å². The Morgan fingerprint density at radius 3 is 1.11 bits per heavy atom. The first-order chi connectivity index (χ1) is 57.5. The Labute approximate surface area is 778 Å². The lowest BCUT2D eigenvalue weighted by Crippen LogP contribution is -2.41. The maximum atomic E-state index is 9.36. The molecule has 3 saturated heterocycles. The predicted molar refractivity (Wildman–Crippen MR) is 550 cm³/mol. The number of benzene rings is 4. The highest BCUT2D eigenvalue weighted by molar-refractivity contribution is 9.11. The van der Waals surface area contributed by atoms with Gasteiger partial charge in [-0.15, -0.1) is 56.7 Å². The summed E-state index contributed by atoms with van der Waals surface area (Å²) in [4.78, 5) is 2.77. The third-order valence-corrected chi connectivity index (χ3v) is 31.1. The predicted octanol–water partition coefficient (Wildman–Crippen LogP) is 24.6. The molecule has 3 aliphatic heterocycles. The number of hydrogen-bond donors (Lipinski definition) is 5. The van der Waals surface area contributed by atoms with Crippen molar-refractivity contribution in [2.24, 2.45) is 0 Å². The van der Waals surface area contributed by atoms with Crippen molar-refractivity contribution in [2.45, 2.75) is 269 Å². The second-order valence-electron chi connectivity index (χ2n) is 33.3. The van der Waals surface area contributed by atoms with Crippen molar-refractivity contribution in [2.75, 3.05) is 0 Å². The minimum absolute atomic E-state index is 0. The average molecular weight is 1880 g/mol. The molecule has 11 nitrogen and oxygen atoms in total. The topological polar surface area (TPSA) is 157 Å². The molecule has 5 N–H and O–H groups in total. The molecular formula is C95H131B6BrO11S9. The van der Waals surface area contributed by atoms with E-state index >= 15 is 0 Å². The maximum absolute atomic E-state index is 9.36. The Kier molecular flexibility index (Phi) is 45.9. The molecule has 122 heavy (non-hydrogen) atoms. The molecule has 3 fully saturated rings. The second kappa shape index (κ2) is 52.8. The van der Waals surface area contributed by atoms with Crippen LogP contribution in [-0.4, -0.2) is 101 Å². The van der Waals surface area contributed by atoms with Crippen molar-refractivity contribution >= 4 is 219 Å². The van der Waals surface area contributed by atoms with Gasteiger partial charge in [0.25, 0.3) is 0 Å². The fourth-order valence-corrected chi connectivity index (χ4v) is 19.9. The average Bonchev–Trinajstić information content (AvgIpc) is 1.64. The van der Waals surface area contributed by atoms with Gasteiger partial charge in [0, 0.05) is 52.5 Å². The molecule has 0 spiro atoms. The van der Waals surface area contributed by atoms with Crippen LogP contribution in [0.15, 0.2) is 212 Å². The molecule has 0 aliphatic carbocycles. The summed E-state index contributed by atoms with van der Waals surface area (Å²) in [5.74, 6) is 0. The lowest BCUT2D eigenvalue weighted by atomic mass is 9.70. The minimum Gasteiger partial charge on any atom is -0.446 e. The number of unbranched alkanes of at least 4 members (excludes halogenated alkanes) is 9. The lowest BCUT2D eigenvalue weighted by molar-refractivity contribution is 0.00578. The molecule has 9 aromatic heterocycles. The minimum atomic E-state index is -1.35. The molecule has 0 saturated carbocycles. The van der Waals surface area contributed by atoms with Crippen molar-refractivity contribution in [1.29, 1.82) is 0 Å². The van der Waals surface area contributed by atoms with E-state index in [-0.39, 0.29) is 69.3 Å². The van der Waals surface area contributed by atoms with Crippen LogP contribution in [0.3, 0.4) is 0 Å². The number of fused-ring (bicyclic) bond motifs is 3. The van der Waals surface area contributed by atoms with Crippen LogP contribution in [-0.2, 0) is 47.2 Å². The fourth-order valence-electron chi connectivity index (χ4n) is 12.1. The molecule has 0 amide bonds. The molecule has 12 heterocycles. The highest BCUT2D eigenvalue weighted by atomic mass is 79.9. The lowest BCUT2D eigenvalue weighted by Gasteiger charge is -2.32. The molecular weight excluding hydrogens is 1750 g/mol. The highest BCUT2D eigenvalue weighted by Gasteiger charge is 2.54. The summed E-state index contributed by atoms with van der Waals surface area (Å²) in [7, 11) is -3.28. The van der Waals surface area contributed by atoms with Crippen LogP contribution in [0.4, 0.5) is 0 Å². The van der Waals surface area contributed by atoms with Crippen molar-refractivity contribution in [3.8, 4) is 0 Å². The number of rotatable bonds is 21. The summed E-state index contributed by atoms with van der Waals surface area (Å²) in [6, 6.07) is 59.4. The molecule has 0 radical (unpaired) electrons. The van der Waals surface area contributed by atoms with E-state index in [1.807, 2.05) is 78.1 Å². The molecule has 27 heteroatoms. The maximum Gasteiger partial charge on any atom is 0.505 e. The Hall–Kier alpha value is -4.61. The van der Waals surface area contributed by atoms with Crippen molar-refractivity contribution in [3.05, 3.63) is 244 Å². The summed E-state index contributed by atoms with van der Waals surface area (Å²) in [5, 5.41) is 60.4. The van der Waals surface area contributed by atoms with Crippen LogP contribution in [0, 0.1) is 20.8 Å². The van der Waals surface area contributed by atoms with Gasteiger partial charge in [0.15, 0.2) is 0 Å². The third kappa shape index (κ3) is 35.1. The summed E-state index contributed by atoms with van der Waals surface area (Å²) < 4.78 is 46.9. The molecule has 0 atom stereocenters. The van der Waals surface area contributed by atoms with E-state index in [0.29, 0.717) is 9.55 Å².